The molecule has 1 heterocycles. The van der Waals surface area contributed by atoms with Crippen LogP contribution in [-0.2, 0) is 6.42 Å². The van der Waals surface area contributed by atoms with Crippen LogP contribution in [0.2, 0.25) is 0 Å². The molecule has 1 aromatic heterocycles. The van der Waals surface area contributed by atoms with Crippen LogP contribution in [0.15, 0.2) is 30.1 Å². The Labute approximate surface area is 135 Å². The SMILES string of the molecule is COc1cc2c(cc1OC)C(=O)/C(=C\c1cnn(C(C)C)c1)C2. The summed E-state index contributed by atoms with van der Waals surface area (Å²) in [7, 11) is 3.17. The Hall–Kier alpha value is -2.56. The van der Waals surface area contributed by atoms with Gasteiger partial charge in [-0.3, -0.25) is 9.48 Å². The van der Waals surface area contributed by atoms with E-state index < -0.39 is 0 Å². The average molecular weight is 312 g/mol. The number of hydrogen-bond acceptors (Lipinski definition) is 4. The zero-order valence-corrected chi connectivity index (χ0v) is 13.8. The first-order chi connectivity index (χ1) is 11.0. The zero-order valence-electron chi connectivity index (χ0n) is 13.8. The molecule has 0 saturated carbocycles. The first-order valence-electron chi connectivity index (χ1n) is 7.57. The number of fused-ring (bicyclic) bond motifs is 1. The number of hydrogen-bond donors (Lipinski definition) is 0. The average Bonchev–Trinajstić information content (AvgIpc) is 3.12. The van der Waals surface area contributed by atoms with Crippen LogP contribution in [0.3, 0.4) is 0 Å². The van der Waals surface area contributed by atoms with E-state index >= 15 is 0 Å². The van der Waals surface area contributed by atoms with Crippen LogP contribution in [0.4, 0.5) is 0 Å². The Morgan fingerprint density at radius 3 is 2.52 bits per heavy atom. The third-order valence-electron chi connectivity index (χ3n) is 4.02. The molecule has 0 bridgehead atoms. The number of aromatic nitrogens is 2. The van der Waals surface area contributed by atoms with Crippen molar-refractivity contribution in [1.82, 2.24) is 9.78 Å². The molecule has 1 aliphatic carbocycles. The molecule has 0 atom stereocenters. The molecular weight excluding hydrogens is 292 g/mol. The summed E-state index contributed by atoms with van der Waals surface area (Å²) in [5.41, 5.74) is 3.35. The molecule has 0 fully saturated rings. The van der Waals surface area contributed by atoms with Gasteiger partial charge in [-0.25, -0.2) is 0 Å². The van der Waals surface area contributed by atoms with Gasteiger partial charge < -0.3 is 9.47 Å². The fourth-order valence-electron chi connectivity index (χ4n) is 2.76. The molecule has 23 heavy (non-hydrogen) atoms. The fourth-order valence-corrected chi connectivity index (χ4v) is 2.76. The first-order valence-corrected chi connectivity index (χ1v) is 7.57. The molecule has 0 unspecified atom stereocenters. The van der Waals surface area contributed by atoms with E-state index in [1.807, 2.05) is 23.0 Å². The number of methoxy groups -OCH3 is 2. The maximum Gasteiger partial charge on any atom is 0.189 e. The Morgan fingerprint density at radius 2 is 1.91 bits per heavy atom. The Bertz CT molecular complexity index is 788. The second kappa shape index (κ2) is 5.91. The summed E-state index contributed by atoms with van der Waals surface area (Å²) in [5.74, 6) is 1.26. The highest BCUT2D eigenvalue weighted by Gasteiger charge is 2.27. The lowest BCUT2D eigenvalue weighted by atomic mass is 10.1. The smallest absolute Gasteiger partial charge is 0.189 e. The number of rotatable bonds is 4. The summed E-state index contributed by atoms with van der Waals surface area (Å²) in [6.45, 7) is 4.14. The largest absolute Gasteiger partial charge is 0.493 e. The summed E-state index contributed by atoms with van der Waals surface area (Å²) < 4.78 is 12.5. The van der Waals surface area contributed by atoms with Gasteiger partial charge in [-0.05, 0) is 37.6 Å². The van der Waals surface area contributed by atoms with Gasteiger partial charge in [-0.2, -0.15) is 5.10 Å². The van der Waals surface area contributed by atoms with Gasteiger partial charge in [-0.15, -0.1) is 0 Å². The van der Waals surface area contributed by atoms with Crippen molar-refractivity contribution in [2.75, 3.05) is 14.2 Å². The van der Waals surface area contributed by atoms with Gasteiger partial charge in [0.2, 0.25) is 0 Å². The molecule has 5 nitrogen and oxygen atoms in total. The molecule has 5 heteroatoms. The van der Waals surface area contributed by atoms with Crippen molar-refractivity contribution in [1.29, 1.82) is 0 Å². The summed E-state index contributed by atoms with van der Waals surface area (Å²) in [6.07, 6.45) is 6.24. The molecule has 0 amide bonds. The monoisotopic (exact) mass is 312 g/mol. The van der Waals surface area contributed by atoms with Crippen LogP contribution in [0.5, 0.6) is 11.5 Å². The van der Waals surface area contributed by atoms with E-state index in [1.54, 1.807) is 26.5 Å². The van der Waals surface area contributed by atoms with Crippen LogP contribution < -0.4 is 9.47 Å². The van der Waals surface area contributed by atoms with E-state index in [0.29, 0.717) is 29.5 Å². The van der Waals surface area contributed by atoms with Crippen molar-refractivity contribution < 1.29 is 14.3 Å². The van der Waals surface area contributed by atoms with Crippen molar-refractivity contribution in [2.24, 2.45) is 0 Å². The van der Waals surface area contributed by atoms with Gasteiger partial charge >= 0.3 is 0 Å². The standard InChI is InChI=1S/C18H20N2O3/c1-11(2)20-10-12(9-19-20)5-14-6-13-7-16(22-3)17(23-4)8-15(13)18(14)21/h5,7-11H,6H2,1-4H3/b14-5-. The molecule has 0 radical (unpaired) electrons. The lowest BCUT2D eigenvalue weighted by molar-refractivity contribution is 0.104. The maximum absolute atomic E-state index is 12.6. The van der Waals surface area contributed by atoms with Gasteiger partial charge in [0.05, 0.1) is 20.4 Å². The van der Waals surface area contributed by atoms with Gasteiger partial charge in [0, 0.05) is 35.4 Å². The predicted octanol–water partition coefficient (Wildman–Crippen LogP) is 3.30. The molecule has 0 saturated heterocycles. The van der Waals surface area contributed by atoms with Crippen LogP contribution in [0, 0.1) is 0 Å². The van der Waals surface area contributed by atoms with E-state index in [0.717, 1.165) is 16.7 Å². The summed E-state index contributed by atoms with van der Waals surface area (Å²) in [5, 5.41) is 4.31. The topological polar surface area (TPSA) is 53.4 Å². The fraction of sp³-hybridized carbons (Fsp3) is 0.333. The van der Waals surface area contributed by atoms with Crippen molar-refractivity contribution >= 4 is 11.9 Å². The summed E-state index contributed by atoms with van der Waals surface area (Å²) >= 11 is 0. The molecule has 0 spiro atoms. The van der Waals surface area contributed by atoms with Crippen LogP contribution >= 0.6 is 0 Å². The van der Waals surface area contributed by atoms with E-state index in [4.69, 9.17) is 9.47 Å². The number of ketones is 1. The van der Waals surface area contributed by atoms with Crippen molar-refractivity contribution in [2.45, 2.75) is 26.3 Å². The predicted molar refractivity (Wildman–Crippen MR) is 88.2 cm³/mol. The number of nitrogens with zero attached hydrogens (tertiary/aromatic N) is 2. The molecule has 2 aromatic rings. The second-order valence-corrected chi connectivity index (χ2v) is 5.89. The third kappa shape index (κ3) is 2.74. The molecular formula is C18H20N2O3. The zero-order chi connectivity index (χ0) is 16.6. The molecule has 3 rings (SSSR count). The van der Waals surface area contributed by atoms with Crippen molar-refractivity contribution in [3.05, 3.63) is 46.8 Å². The Morgan fingerprint density at radius 1 is 1.22 bits per heavy atom. The molecule has 0 aliphatic heterocycles. The second-order valence-electron chi connectivity index (χ2n) is 5.89. The molecule has 0 N–H and O–H groups in total. The minimum Gasteiger partial charge on any atom is -0.493 e. The number of carbonyl (C=O) groups excluding carboxylic acids is 1. The molecule has 1 aromatic carbocycles. The van der Waals surface area contributed by atoms with Gasteiger partial charge in [-0.1, -0.05) is 0 Å². The van der Waals surface area contributed by atoms with E-state index in [1.165, 1.54) is 0 Å². The van der Waals surface area contributed by atoms with Crippen LogP contribution in [0.1, 0.15) is 41.4 Å². The number of ether oxygens (including phenoxy) is 2. The number of Topliss-reactive ketones (excluding diaryl/α,β-unsaturated/α-hetero) is 1. The van der Waals surface area contributed by atoms with Crippen LogP contribution in [0.25, 0.3) is 6.08 Å². The van der Waals surface area contributed by atoms with E-state index in [2.05, 4.69) is 18.9 Å². The van der Waals surface area contributed by atoms with Gasteiger partial charge in [0.1, 0.15) is 0 Å². The number of carbonyl (C=O) groups is 1. The molecule has 120 valence electrons. The number of allylic oxidation sites excluding steroid dienone is 1. The summed E-state index contributed by atoms with van der Waals surface area (Å²) in [6, 6.07) is 3.94. The Balaban J connectivity index is 1.95. The van der Waals surface area contributed by atoms with Gasteiger partial charge in [0.25, 0.3) is 0 Å². The molecule has 1 aliphatic rings. The first kappa shape index (κ1) is 15.3. The third-order valence-corrected chi connectivity index (χ3v) is 4.02. The maximum atomic E-state index is 12.6. The quantitative estimate of drug-likeness (QED) is 0.813. The highest BCUT2D eigenvalue weighted by Crippen LogP contribution is 2.36. The van der Waals surface area contributed by atoms with Gasteiger partial charge in [0.15, 0.2) is 17.3 Å². The normalized spacial score (nSPS) is 15.3. The highest BCUT2D eigenvalue weighted by molar-refractivity contribution is 6.15. The lowest BCUT2D eigenvalue weighted by Gasteiger charge is -2.08. The highest BCUT2D eigenvalue weighted by atomic mass is 16.5. The Kier molecular flexibility index (Phi) is 3.94. The summed E-state index contributed by atoms with van der Waals surface area (Å²) in [4.78, 5) is 12.6. The minimum absolute atomic E-state index is 0.0400. The lowest BCUT2D eigenvalue weighted by Crippen LogP contribution is -1.99. The van der Waals surface area contributed by atoms with E-state index in [-0.39, 0.29) is 5.78 Å². The van der Waals surface area contributed by atoms with Crippen molar-refractivity contribution in [3.8, 4) is 11.5 Å². The minimum atomic E-state index is 0.0400. The van der Waals surface area contributed by atoms with Crippen LogP contribution in [-0.4, -0.2) is 29.8 Å². The van der Waals surface area contributed by atoms with E-state index in [9.17, 15) is 4.79 Å². The van der Waals surface area contributed by atoms with Crippen molar-refractivity contribution in [3.63, 3.8) is 0 Å². The number of benzene rings is 1.